The van der Waals surface area contributed by atoms with E-state index in [0.717, 1.165) is 60.8 Å². The van der Waals surface area contributed by atoms with Crippen LogP contribution in [0.25, 0.3) is 93.6 Å². The van der Waals surface area contributed by atoms with Gasteiger partial charge < -0.3 is 18.7 Å². The van der Waals surface area contributed by atoms with Gasteiger partial charge in [-0.3, -0.25) is 0 Å². The first-order chi connectivity index (χ1) is 31.1. The van der Waals surface area contributed by atoms with E-state index in [-0.39, 0.29) is 16.2 Å². The highest BCUT2D eigenvalue weighted by molar-refractivity contribution is 6.73. The van der Waals surface area contributed by atoms with Gasteiger partial charge in [0.1, 0.15) is 22.3 Å². The van der Waals surface area contributed by atoms with Gasteiger partial charge in [-0.15, -0.1) is 0 Å². The Labute approximate surface area is 380 Å². The number of aryl methyl sites for hydroxylation is 1. The first-order valence-corrected chi connectivity index (χ1v) is 23.1. The standard InChI is InChI=1S/C60H50BN2O2/c1-32-24-43(39-26-41-40-25-34(59(5,6)7)20-23-52(40)65-54(41)31-48(39)62-35-21-18-33(19-22-35)58(2,3)4)56-57-55(32)44-29-53-42(37-15-11-13-17-51(37)64-53)28-49(44)63(57)50-30-46-38(27-47(50)61-56)36-14-10-12-16-45(36)60(46,8)9/h10-31,62H,1-9H3. The molecule has 65 heavy (non-hydrogen) atoms. The van der Waals surface area contributed by atoms with Gasteiger partial charge in [-0.05, 0) is 122 Å². The number of aromatic nitrogens is 1. The molecule has 0 saturated heterocycles. The van der Waals surface area contributed by atoms with Crippen molar-refractivity contribution in [2.45, 2.75) is 78.6 Å². The smallest absolute Gasteiger partial charge is 0.197 e. The monoisotopic (exact) mass is 841 g/mol. The van der Waals surface area contributed by atoms with Crippen LogP contribution in [0.4, 0.5) is 11.4 Å². The minimum Gasteiger partial charge on any atom is -0.456 e. The molecule has 8 aromatic carbocycles. The highest BCUT2D eigenvalue weighted by atomic mass is 16.3. The second kappa shape index (κ2) is 12.8. The SMILES string of the molecule is Cc1cc(-c2cc3c(cc2Nc2ccc(C(C)(C)C)cc2)oc2ccc(C(C)(C)C)cc23)c2c3c1c1cc4oc5ccccc5c4cc1n3-c1cc3c(cc1[B]2)-c1ccccc1C3(C)C. The zero-order chi connectivity index (χ0) is 44.5. The van der Waals surface area contributed by atoms with E-state index in [1.807, 2.05) is 0 Å². The van der Waals surface area contributed by atoms with Crippen LogP contribution in [0, 0.1) is 6.92 Å². The number of benzene rings is 8. The summed E-state index contributed by atoms with van der Waals surface area (Å²) < 4.78 is 15.9. The molecule has 1 N–H and O–H groups in total. The average molecular weight is 842 g/mol. The Kier molecular flexibility index (Phi) is 7.61. The number of para-hydroxylation sites is 1. The van der Waals surface area contributed by atoms with Crippen LogP contribution in [0.3, 0.4) is 0 Å². The van der Waals surface area contributed by atoms with Crippen molar-refractivity contribution in [2.24, 2.45) is 0 Å². The predicted molar refractivity (Wildman–Crippen MR) is 275 cm³/mol. The Morgan fingerprint density at radius 3 is 2.00 bits per heavy atom. The molecule has 11 aromatic rings. The molecule has 315 valence electrons. The molecule has 0 atom stereocenters. The Bertz CT molecular complexity index is 3880. The summed E-state index contributed by atoms with van der Waals surface area (Å²) in [6.45, 7) is 20.7. The van der Waals surface area contributed by atoms with Crippen molar-refractivity contribution in [1.82, 2.24) is 4.57 Å². The third kappa shape index (κ3) is 5.45. The molecule has 0 fully saturated rings. The summed E-state index contributed by atoms with van der Waals surface area (Å²) in [4.78, 5) is 0. The van der Waals surface area contributed by atoms with Gasteiger partial charge in [-0.25, -0.2) is 0 Å². The maximum atomic E-state index is 6.71. The van der Waals surface area contributed by atoms with Crippen molar-refractivity contribution in [2.75, 3.05) is 5.32 Å². The molecule has 1 radical (unpaired) electrons. The molecule has 4 nitrogen and oxygen atoms in total. The van der Waals surface area contributed by atoms with Crippen LogP contribution < -0.4 is 16.2 Å². The summed E-state index contributed by atoms with van der Waals surface area (Å²) in [6.07, 6.45) is 0. The molecule has 0 saturated carbocycles. The lowest BCUT2D eigenvalue weighted by atomic mass is 9.58. The molecular weight excluding hydrogens is 791 g/mol. The van der Waals surface area contributed by atoms with E-state index in [9.17, 15) is 0 Å². The highest BCUT2D eigenvalue weighted by Crippen LogP contribution is 2.50. The highest BCUT2D eigenvalue weighted by Gasteiger charge is 2.38. The van der Waals surface area contributed by atoms with Crippen molar-refractivity contribution in [3.05, 3.63) is 161 Å². The first kappa shape index (κ1) is 38.5. The lowest BCUT2D eigenvalue weighted by molar-refractivity contribution is 0.590. The number of nitrogens with zero attached hydrogens (tertiary/aromatic N) is 1. The van der Waals surface area contributed by atoms with Crippen LogP contribution in [-0.2, 0) is 16.2 Å². The number of hydrogen-bond acceptors (Lipinski definition) is 3. The van der Waals surface area contributed by atoms with E-state index < -0.39 is 0 Å². The van der Waals surface area contributed by atoms with Gasteiger partial charge in [0.05, 0.1) is 11.2 Å². The average Bonchev–Trinajstić information content (AvgIpc) is 3.99. The van der Waals surface area contributed by atoms with Crippen LogP contribution in [0.5, 0.6) is 0 Å². The van der Waals surface area contributed by atoms with E-state index in [0.29, 0.717) is 0 Å². The summed E-state index contributed by atoms with van der Waals surface area (Å²) in [5.41, 5.74) is 23.0. The number of furan rings is 2. The Morgan fingerprint density at radius 2 is 1.22 bits per heavy atom. The van der Waals surface area contributed by atoms with Gasteiger partial charge >= 0.3 is 0 Å². The van der Waals surface area contributed by atoms with Crippen LogP contribution >= 0.6 is 0 Å². The predicted octanol–water partition coefficient (Wildman–Crippen LogP) is 15.2. The van der Waals surface area contributed by atoms with Crippen molar-refractivity contribution in [3.63, 3.8) is 0 Å². The van der Waals surface area contributed by atoms with Crippen LogP contribution in [0.15, 0.2) is 142 Å². The molecule has 0 unspecified atom stereocenters. The largest absolute Gasteiger partial charge is 0.456 e. The molecule has 5 heteroatoms. The Morgan fingerprint density at radius 1 is 0.538 bits per heavy atom. The van der Waals surface area contributed by atoms with Crippen molar-refractivity contribution in [3.8, 4) is 27.9 Å². The van der Waals surface area contributed by atoms with Crippen molar-refractivity contribution >= 4 is 95.3 Å². The topological polar surface area (TPSA) is 43.2 Å². The molecular formula is C60H50BN2O2. The van der Waals surface area contributed by atoms with Gasteiger partial charge in [0.2, 0.25) is 0 Å². The number of fused-ring (bicyclic) bond motifs is 14. The second-order valence-corrected chi connectivity index (χ2v) is 21.4. The fourth-order valence-corrected chi connectivity index (χ4v) is 11.3. The van der Waals surface area contributed by atoms with Gasteiger partial charge in [0.25, 0.3) is 0 Å². The van der Waals surface area contributed by atoms with E-state index in [1.165, 1.54) is 82.9 Å². The normalized spacial score (nSPS) is 14.2. The lowest BCUT2D eigenvalue weighted by Gasteiger charge is -2.27. The minimum atomic E-state index is -0.142. The zero-order valence-corrected chi connectivity index (χ0v) is 38.5. The van der Waals surface area contributed by atoms with Gasteiger partial charge in [-0.1, -0.05) is 134 Å². The van der Waals surface area contributed by atoms with Gasteiger partial charge in [0, 0.05) is 66.3 Å². The second-order valence-electron chi connectivity index (χ2n) is 21.4. The number of nitrogens with one attached hydrogen (secondary N) is 1. The molecule has 1 aliphatic heterocycles. The molecule has 1 aliphatic carbocycles. The molecule has 0 amide bonds. The maximum absolute atomic E-state index is 6.71. The number of rotatable bonds is 3. The van der Waals surface area contributed by atoms with Crippen molar-refractivity contribution < 1.29 is 8.83 Å². The molecule has 2 aliphatic rings. The molecule has 0 bridgehead atoms. The van der Waals surface area contributed by atoms with Crippen LogP contribution in [0.1, 0.15) is 83.2 Å². The zero-order valence-electron chi connectivity index (χ0n) is 38.5. The third-order valence-corrected chi connectivity index (χ3v) is 14.8. The lowest BCUT2D eigenvalue weighted by Crippen LogP contribution is -2.38. The first-order valence-electron chi connectivity index (χ1n) is 23.1. The quantitative estimate of drug-likeness (QED) is 0.180. The molecule has 0 spiro atoms. The van der Waals surface area contributed by atoms with E-state index in [2.05, 4.69) is 213 Å². The Hall–Kier alpha value is -6.98. The van der Waals surface area contributed by atoms with Crippen LogP contribution in [-0.4, -0.2) is 11.8 Å². The fraction of sp³-hybridized carbons (Fsp3) is 0.200. The summed E-state index contributed by atoms with van der Waals surface area (Å²) >= 11 is 0. The Balaban J connectivity index is 1.13. The summed E-state index contributed by atoms with van der Waals surface area (Å²) in [6, 6.07) is 49.7. The number of anilines is 2. The summed E-state index contributed by atoms with van der Waals surface area (Å²) in [5.74, 6) is 0. The molecule has 13 rings (SSSR count). The van der Waals surface area contributed by atoms with Gasteiger partial charge in [-0.2, -0.15) is 0 Å². The molecule has 3 aromatic heterocycles. The number of hydrogen-bond donors (Lipinski definition) is 1. The third-order valence-electron chi connectivity index (χ3n) is 14.8. The van der Waals surface area contributed by atoms with Crippen molar-refractivity contribution in [1.29, 1.82) is 0 Å². The van der Waals surface area contributed by atoms with E-state index >= 15 is 0 Å². The molecule has 4 heterocycles. The minimum absolute atomic E-state index is 0.00730. The van der Waals surface area contributed by atoms with E-state index in [1.54, 1.807) is 0 Å². The maximum Gasteiger partial charge on any atom is 0.197 e. The van der Waals surface area contributed by atoms with Gasteiger partial charge in [0.15, 0.2) is 7.28 Å². The summed E-state index contributed by atoms with van der Waals surface area (Å²) in [5, 5.41) is 10.9. The summed E-state index contributed by atoms with van der Waals surface area (Å²) in [7, 11) is 2.47. The fourth-order valence-electron chi connectivity index (χ4n) is 11.3. The van der Waals surface area contributed by atoms with Crippen LogP contribution in [0.2, 0.25) is 0 Å². The van der Waals surface area contributed by atoms with E-state index in [4.69, 9.17) is 8.83 Å².